The number of aromatic nitrogens is 2. The van der Waals surface area contributed by atoms with Gasteiger partial charge in [-0.25, -0.2) is 5.10 Å². The zero-order valence-electron chi connectivity index (χ0n) is 15.2. The molecule has 2 heterocycles. The van der Waals surface area contributed by atoms with Gasteiger partial charge in [-0.1, -0.05) is 20.8 Å². The number of aromatic amines is 1. The summed E-state index contributed by atoms with van der Waals surface area (Å²) in [6.07, 6.45) is -0.410. The van der Waals surface area contributed by atoms with Crippen LogP contribution in [-0.2, 0) is 0 Å². The molecule has 1 aliphatic heterocycles. The second-order valence-corrected chi connectivity index (χ2v) is 7.61. The SMILES string of the molecule is Cc1n[nH]c(=O)c(C(=O)N2CCN(C[C@H](O)C(C)(C)C)CC2)c1C. The third-order valence-electron chi connectivity index (χ3n) is 4.77. The van der Waals surface area contributed by atoms with Crippen molar-refractivity contribution in [3.05, 3.63) is 27.2 Å². The monoisotopic (exact) mass is 336 g/mol. The van der Waals surface area contributed by atoms with Gasteiger partial charge in [0.1, 0.15) is 5.56 Å². The van der Waals surface area contributed by atoms with Crippen LogP contribution in [0.4, 0.5) is 0 Å². The van der Waals surface area contributed by atoms with Gasteiger partial charge in [-0.05, 0) is 24.8 Å². The number of carbonyl (C=O) groups excluding carboxylic acids is 1. The van der Waals surface area contributed by atoms with Crippen molar-refractivity contribution in [3.63, 3.8) is 0 Å². The second kappa shape index (κ2) is 7.03. The molecule has 0 unspecified atom stereocenters. The zero-order chi connectivity index (χ0) is 18.1. The number of aliphatic hydroxyl groups is 1. The number of nitrogens with zero attached hydrogens (tertiary/aromatic N) is 3. The molecular formula is C17H28N4O3. The quantitative estimate of drug-likeness (QED) is 0.841. The Morgan fingerprint density at radius 1 is 1.25 bits per heavy atom. The van der Waals surface area contributed by atoms with E-state index in [0.29, 0.717) is 44.0 Å². The number of hydrogen-bond acceptors (Lipinski definition) is 5. The predicted octanol–water partition coefficient (Wildman–Crippen LogP) is 0.552. The fraction of sp³-hybridized carbons (Fsp3) is 0.706. The lowest BCUT2D eigenvalue weighted by Crippen LogP contribution is -2.52. The van der Waals surface area contributed by atoms with Crippen LogP contribution in [0.3, 0.4) is 0 Å². The van der Waals surface area contributed by atoms with Crippen LogP contribution in [0.15, 0.2) is 4.79 Å². The molecule has 2 N–H and O–H groups in total. The summed E-state index contributed by atoms with van der Waals surface area (Å²) in [5.74, 6) is -0.240. The molecule has 1 aromatic rings. The molecule has 1 atom stereocenters. The van der Waals surface area contributed by atoms with E-state index in [1.807, 2.05) is 20.8 Å². The number of aliphatic hydroxyl groups excluding tert-OH is 1. The maximum absolute atomic E-state index is 12.7. The topological polar surface area (TPSA) is 89.5 Å². The van der Waals surface area contributed by atoms with Gasteiger partial charge in [-0.15, -0.1) is 0 Å². The molecular weight excluding hydrogens is 308 g/mol. The van der Waals surface area contributed by atoms with E-state index in [1.54, 1.807) is 18.7 Å². The number of aryl methyl sites for hydroxylation is 1. The highest BCUT2D eigenvalue weighted by atomic mass is 16.3. The summed E-state index contributed by atoms with van der Waals surface area (Å²) in [6, 6.07) is 0. The van der Waals surface area contributed by atoms with Gasteiger partial charge in [0.05, 0.1) is 11.8 Å². The smallest absolute Gasteiger partial charge is 0.277 e. The zero-order valence-corrected chi connectivity index (χ0v) is 15.2. The van der Waals surface area contributed by atoms with Gasteiger partial charge in [0.15, 0.2) is 0 Å². The van der Waals surface area contributed by atoms with E-state index in [4.69, 9.17) is 0 Å². The van der Waals surface area contributed by atoms with E-state index in [1.165, 1.54) is 0 Å². The average molecular weight is 336 g/mol. The Bertz CT molecular complexity index is 655. The van der Waals surface area contributed by atoms with Gasteiger partial charge in [0, 0.05) is 32.7 Å². The lowest BCUT2D eigenvalue weighted by Gasteiger charge is -2.38. The summed E-state index contributed by atoms with van der Waals surface area (Å²) >= 11 is 0. The van der Waals surface area contributed by atoms with E-state index in [0.717, 1.165) is 0 Å². The molecule has 0 spiro atoms. The van der Waals surface area contributed by atoms with E-state index in [2.05, 4.69) is 15.1 Å². The predicted molar refractivity (Wildman–Crippen MR) is 92.1 cm³/mol. The minimum absolute atomic E-state index is 0.161. The standard InChI is InChI=1S/C17H28N4O3/c1-11-12(2)18-19-15(23)14(11)16(24)21-8-6-20(7-9-21)10-13(22)17(3,4)5/h13,22H,6-10H2,1-5H3,(H,19,23)/t13-/m0/s1. The van der Waals surface area contributed by atoms with Gasteiger partial charge in [-0.2, -0.15) is 5.10 Å². The molecule has 1 amide bonds. The average Bonchev–Trinajstić information content (AvgIpc) is 2.51. The van der Waals surface area contributed by atoms with E-state index < -0.39 is 11.7 Å². The Hall–Kier alpha value is -1.73. The van der Waals surface area contributed by atoms with Crippen LogP contribution in [-0.4, -0.2) is 69.8 Å². The van der Waals surface area contributed by atoms with E-state index in [-0.39, 0.29) is 16.9 Å². The fourth-order valence-electron chi connectivity index (χ4n) is 2.69. The number of H-pyrrole nitrogens is 1. The molecule has 7 heteroatoms. The van der Waals surface area contributed by atoms with Crippen LogP contribution < -0.4 is 5.56 Å². The highest BCUT2D eigenvalue weighted by Gasteiger charge is 2.29. The van der Waals surface area contributed by atoms with E-state index in [9.17, 15) is 14.7 Å². The lowest BCUT2D eigenvalue weighted by atomic mass is 9.89. The maximum atomic E-state index is 12.7. The number of piperazine rings is 1. The summed E-state index contributed by atoms with van der Waals surface area (Å²) in [6.45, 7) is 12.6. The number of nitrogens with one attached hydrogen (secondary N) is 1. The fourth-order valence-corrected chi connectivity index (χ4v) is 2.69. The summed E-state index contributed by atoms with van der Waals surface area (Å²) in [7, 11) is 0. The molecule has 0 aromatic carbocycles. The normalized spacial score (nSPS) is 17.8. The van der Waals surface area contributed by atoms with Gasteiger partial charge in [-0.3, -0.25) is 14.5 Å². The molecule has 1 saturated heterocycles. The van der Waals surface area contributed by atoms with Gasteiger partial charge in [0.2, 0.25) is 0 Å². The molecule has 1 aromatic heterocycles. The number of β-amino-alcohol motifs (C(OH)–C–C–N with tert-alkyl or cyclic N) is 1. The third-order valence-corrected chi connectivity index (χ3v) is 4.77. The van der Waals surface area contributed by atoms with Gasteiger partial charge >= 0.3 is 0 Å². The Labute approximate surface area is 142 Å². The number of hydrogen-bond donors (Lipinski definition) is 2. The lowest BCUT2D eigenvalue weighted by molar-refractivity contribution is 0.0136. The maximum Gasteiger partial charge on any atom is 0.277 e. The number of carbonyl (C=O) groups is 1. The van der Waals surface area contributed by atoms with Crippen molar-refractivity contribution >= 4 is 5.91 Å². The highest BCUT2D eigenvalue weighted by Crippen LogP contribution is 2.20. The summed E-state index contributed by atoms with van der Waals surface area (Å²) in [5.41, 5.74) is 0.880. The van der Waals surface area contributed by atoms with Crippen molar-refractivity contribution < 1.29 is 9.90 Å². The molecule has 1 fully saturated rings. The molecule has 134 valence electrons. The number of amides is 1. The van der Waals surface area contributed by atoms with Crippen LogP contribution in [0.25, 0.3) is 0 Å². The van der Waals surface area contributed by atoms with Crippen LogP contribution >= 0.6 is 0 Å². The molecule has 0 aliphatic carbocycles. The van der Waals surface area contributed by atoms with Crippen molar-refractivity contribution in [1.82, 2.24) is 20.0 Å². The van der Waals surface area contributed by atoms with Gasteiger partial charge < -0.3 is 10.0 Å². The Morgan fingerprint density at radius 2 is 1.83 bits per heavy atom. The third kappa shape index (κ3) is 4.02. The van der Waals surface area contributed by atoms with Crippen molar-refractivity contribution in [2.24, 2.45) is 5.41 Å². The molecule has 1 aliphatic rings. The van der Waals surface area contributed by atoms with Crippen LogP contribution in [0, 0.1) is 19.3 Å². The Balaban J connectivity index is 2.02. The highest BCUT2D eigenvalue weighted by molar-refractivity contribution is 5.95. The van der Waals surface area contributed by atoms with Crippen molar-refractivity contribution in [1.29, 1.82) is 0 Å². The van der Waals surface area contributed by atoms with E-state index >= 15 is 0 Å². The van der Waals surface area contributed by atoms with Gasteiger partial charge in [0.25, 0.3) is 11.5 Å². The molecule has 24 heavy (non-hydrogen) atoms. The first kappa shape index (κ1) is 18.6. The second-order valence-electron chi connectivity index (χ2n) is 7.61. The molecule has 0 bridgehead atoms. The molecule has 0 radical (unpaired) electrons. The molecule has 0 saturated carbocycles. The molecule has 2 rings (SSSR count). The Morgan fingerprint density at radius 3 is 2.38 bits per heavy atom. The number of rotatable bonds is 3. The summed E-state index contributed by atoms with van der Waals surface area (Å²) < 4.78 is 0. The molecule has 7 nitrogen and oxygen atoms in total. The first-order valence-corrected chi connectivity index (χ1v) is 8.37. The van der Waals surface area contributed by atoms with Crippen LogP contribution in [0.5, 0.6) is 0 Å². The minimum atomic E-state index is -0.436. The summed E-state index contributed by atoms with van der Waals surface area (Å²) in [4.78, 5) is 28.5. The minimum Gasteiger partial charge on any atom is -0.391 e. The first-order valence-electron chi connectivity index (χ1n) is 8.37. The van der Waals surface area contributed by atoms with Crippen molar-refractivity contribution in [3.8, 4) is 0 Å². The van der Waals surface area contributed by atoms with Crippen molar-refractivity contribution in [2.75, 3.05) is 32.7 Å². The summed E-state index contributed by atoms with van der Waals surface area (Å²) in [5, 5.41) is 16.5. The largest absolute Gasteiger partial charge is 0.391 e. The first-order chi connectivity index (χ1) is 11.1. The van der Waals surface area contributed by atoms with Crippen LogP contribution in [0.2, 0.25) is 0 Å². The van der Waals surface area contributed by atoms with Crippen LogP contribution in [0.1, 0.15) is 42.4 Å². The Kier molecular flexibility index (Phi) is 5.45. The van der Waals surface area contributed by atoms with Crippen molar-refractivity contribution in [2.45, 2.75) is 40.7 Å².